The van der Waals surface area contributed by atoms with Crippen LogP contribution in [0.5, 0.6) is 5.75 Å². The number of fused-ring (bicyclic) bond motifs is 1. The molecule has 0 radical (unpaired) electrons. The number of rotatable bonds is 8. The second kappa shape index (κ2) is 11.2. The van der Waals surface area contributed by atoms with Gasteiger partial charge in [-0.15, -0.1) is 0 Å². The second-order valence-corrected chi connectivity index (χ2v) is 9.10. The molecule has 13 heteroatoms. The first-order valence-electron chi connectivity index (χ1n) is 11.8. The topological polar surface area (TPSA) is 112 Å². The van der Waals surface area contributed by atoms with Crippen LogP contribution in [0.1, 0.15) is 37.6 Å². The molecule has 2 aromatic heterocycles. The molecule has 0 bridgehead atoms. The minimum atomic E-state index is -4.57. The number of hydrogen-bond acceptors (Lipinski definition) is 7. The Morgan fingerprint density at radius 1 is 1.26 bits per heavy atom. The highest BCUT2D eigenvalue weighted by Crippen LogP contribution is 2.39. The van der Waals surface area contributed by atoms with Gasteiger partial charge in [-0.05, 0) is 44.0 Å². The maximum Gasteiger partial charge on any atom is 0.408 e. The highest BCUT2D eigenvalue weighted by Gasteiger charge is 2.47. The van der Waals surface area contributed by atoms with Gasteiger partial charge >= 0.3 is 12.3 Å². The average molecular weight is 535 g/mol. The molecule has 38 heavy (non-hydrogen) atoms. The van der Waals surface area contributed by atoms with Gasteiger partial charge in [0.15, 0.2) is 11.6 Å². The molecule has 1 aliphatic heterocycles. The highest BCUT2D eigenvalue weighted by atomic mass is 19.4. The van der Waals surface area contributed by atoms with Crippen molar-refractivity contribution in [2.45, 2.75) is 44.6 Å². The van der Waals surface area contributed by atoms with E-state index in [1.54, 1.807) is 26.0 Å². The van der Waals surface area contributed by atoms with Crippen LogP contribution < -0.4 is 15.5 Å². The van der Waals surface area contributed by atoms with Crippen molar-refractivity contribution in [1.29, 1.82) is 0 Å². The SMILES string of the molecule is CC(C)Oc1cc2nc(C=NNc3ccc([C@@H](N4CC[C@H](NC(=O)O)C4)C(F)(F)F)cn3)ccc2cc1F. The zero-order chi connectivity index (χ0) is 27.4. The number of halogens is 4. The van der Waals surface area contributed by atoms with E-state index >= 15 is 0 Å². The molecule has 0 unspecified atom stereocenters. The largest absolute Gasteiger partial charge is 0.488 e. The molecule has 1 amide bonds. The lowest BCUT2D eigenvalue weighted by Gasteiger charge is -2.30. The Kier molecular flexibility index (Phi) is 7.95. The van der Waals surface area contributed by atoms with Gasteiger partial charge in [0.1, 0.15) is 11.9 Å². The summed E-state index contributed by atoms with van der Waals surface area (Å²) < 4.78 is 61.3. The maximum absolute atomic E-state index is 14.2. The van der Waals surface area contributed by atoms with Crippen molar-refractivity contribution in [2.24, 2.45) is 5.10 Å². The van der Waals surface area contributed by atoms with Crippen molar-refractivity contribution < 1.29 is 32.2 Å². The fraction of sp³-hybridized carbons (Fsp3) is 0.360. The fourth-order valence-electron chi connectivity index (χ4n) is 4.27. The number of likely N-dealkylation sites (tertiary alicyclic amines) is 1. The molecular formula is C25H26F4N6O3. The van der Waals surface area contributed by atoms with E-state index in [9.17, 15) is 22.4 Å². The van der Waals surface area contributed by atoms with Crippen LogP contribution in [-0.2, 0) is 0 Å². The Balaban J connectivity index is 1.44. The smallest absolute Gasteiger partial charge is 0.408 e. The summed E-state index contributed by atoms with van der Waals surface area (Å²) >= 11 is 0. The standard InChI is InChI=1S/C25H26F4N6O3/c1-14(2)38-21-10-20-15(9-19(21)26)3-5-17(32-20)12-31-34-22-6-4-16(11-30-22)23(25(27,28)29)35-8-7-18(13-35)33-24(36)37/h3-6,9-12,14,18,23,33H,7-8,13H2,1-2H3,(H,30,34)(H,36,37)/t18-,23+/m0/s1. The number of ether oxygens (including phenoxy) is 1. The molecule has 1 fully saturated rings. The van der Waals surface area contributed by atoms with E-state index in [-0.39, 0.29) is 42.7 Å². The summed E-state index contributed by atoms with van der Waals surface area (Å²) in [5.74, 6) is -0.177. The normalized spacial score (nSPS) is 17.3. The van der Waals surface area contributed by atoms with Crippen LogP contribution in [0.15, 0.2) is 47.7 Å². The third-order valence-corrected chi connectivity index (χ3v) is 5.83. The summed E-state index contributed by atoms with van der Waals surface area (Å²) in [7, 11) is 0. The molecule has 202 valence electrons. The zero-order valence-corrected chi connectivity index (χ0v) is 20.5. The number of aromatic nitrogens is 2. The van der Waals surface area contributed by atoms with Gasteiger partial charge in [-0.2, -0.15) is 18.3 Å². The third-order valence-electron chi connectivity index (χ3n) is 5.83. The summed E-state index contributed by atoms with van der Waals surface area (Å²) in [6, 6.07) is 6.37. The van der Waals surface area contributed by atoms with E-state index in [0.29, 0.717) is 16.6 Å². The van der Waals surface area contributed by atoms with Gasteiger partial charge in [0.25, 0.3) is 0 Å². The van der Waals surface area contributed by atoms with Gasteiger partial charge in [0.05, 0.1) is 23.5 Å². The Morgan fingerprint density at radius 2 is 2.05 bits per heavy atom. The number of pyridine rings is 2. The quantitative estimate of drug-likeness (QED) is 0.213. The minimum Gasteiger partial charge on any atom is -0.488 e. The van der Waals surface area contributed by atoms with Gasteiger partial charge < -0.3 is 15.2 Å². The molecular weight excluding hydrogens is 508 g/mol. The summed E-state index contributed by atoms with van der Waals surface area (Å²) in [6.45, 7) is 3.61. The van der Waals surface area contributed by atoms with Crippen LogP contribution in [0.4, 0.5) is 28.2 Å². The molecule has 1 aliphatic rings. The average Bonchev–Trinajstić information content (AvgIpc) is 3.26. The van der Waals surface area contributed by atoms with Crippen LogP contribution in [0, 0.1) is 5.82 Å². The summed E-state index contributed by atoms with van der Waals surface area (Å²) in [6.07, 6.45) is -3.24. The van der Waals surface area contributed by atoms with Crippen LogP contribution in [0.2, 0.25) is 0 Å². The molecule has 0 saturated carbocycles. The van der Waals surface area contributed by atoms with Gasteiger partial charge in [-0.3, -0.25) is 10.3 Å². The summed E-state index contributed by atoms with van der Waals surface area (Å²) in [5.41, 5.74) is 3.56. The molecule has 9 nitrogen and oxygen atoms in total. The highest BCUT2D eigenvalue weighted by molar-refractivity contribution is 5.86. The molecule has 3 N–H and O–H groups in total. The number of alkyl halides is 3. The molecule has 0 aliphatic carbocycles. The number of amides is 1. The summed E-state index contributed by atoms with van der Waals surface area (Å²) in [5, 5.41) is 15.7. The van der Waals surface area contributed by atoms with E-state index < -0.39 is 30.2 Å². The number of anilines is 1. The molecule has 2 atom stereocenters. The number of carbonyl (C=O) groups is 1. The van der Waals surface area contributed by atoms with Crippen LogP contribution >= 0.6 is 0 Å². The van der Waals surface area contributed by atoms with Crippen molar-refractivity contribution >= 4 is 29.0 Å². The summed E-state index contributed by atoms with van der Waals surface area (Å²) in [4.78, 5) is 20.5. The number of carboxylic acid groups (broad SMARTS) is 1. The van der Waals surface area contributed by atoms with Gasteiger partial charge in [-0.25, -0.2) is 19.2 Å². The number of nitrogens with one attached hydrogen (secondary N) is 2. The van der Waals surface area contributed by atoms with Gasteiger partial charge in [0, 0.05) is 36.8 Å². The second-order valence-electron chi connectivity index (χ2n) is 9.10. The number of hydrogen-bond donors (Lipinski definition) is 3. The molecule has 3 heterocycles. The molecule has 3 aromatic rings. The van der Waals surface area contributed by atoms with Crippen LogP contribution in [0.25, 0.3) is 10.9 Å². The lowest BCUT2D eigenvalue weighted by molar-refractivity contribution is -0.183. The van der Waals surface area contributed by atoms with E-state index in [0.717, 1.165) is 6.20 Å². The molecule has 1 saturated heterocycles. The Bertz CT molecular complexity index is 1320. The molecule has 1 aromatic carbocycles. The van der Waals surface area contributed by atoms with Crippen LogP contribution in [0.3, 0.4) is 0 Å². The van der Waals surface area contributed by atoms with Crippen molar-refractivity contribution in [1.82, 2.24) is 20.2 Å². The minimum absolute atomic E-state index is 0.0583. The van der Waals surface area contributed by atoms with E-state index in [1.807, 2.05) is 0 Å². The number of nitrogens with zero attached hydrogens (tertiary/aromatic N) is 4. The predicted molar refractivity (Wildman–Crippen MR) is 133 cm³/mol. The Labute approximate surface area is 215 Å². The van der Waals surface area contributed by atoms with Crippen molar-refractivity contribution in [3.8, 4) is 5.75 Å². The first-order chi connectivity index (χ1) is 18.0. The lowest BCUT2D eigenvalue weighted by atomic mass is 10.1. The zero-order valence-electron chi connectivity index (χ0n) is 20.5. The van der Waals surface area contributed by atoms with Crippen molar-refractivity contribution in [2.75, 3.05) is 18.5 Å². The first-order valence-corrected chi connectivity index (χ1v) is 11.8. The number of benzene rings is 1. The third kappa shape index (κ3) is 6.65. The maximum atomic E-state index is 14.2. The van der Waals surface area contributed by atoms with Gasteiger partial charge in [0.2, 0.25) is 0 Å². The van der Waals surface area contributed by atoms with Crippen LogP contribution in [-0.4, -0.2) is 63.7 Å². The molecule has 0 spiro atoms. The van der Waals surface area contributed by atoms with Gasteiger partial charge in [-0.1, -0.05) is 12.1 Å². The fourth-order valence-corrected chi connectivity index (χ4v) is 4.27. The van der Waals surface area contributed by atoms with E-state index in [1.165, 1.54) is 35.4 Å². The van der Waals surface area contributed by atoms with Crippen molar-refractivity contribution in [3.63, 3.8) is 0 Å². The number of hydrazone groups is 1. The Morgan fingerprint density at radius 3 is 2.71 bits per heavy atom. The molecule has 4 rings (SSSR count). The van der Waals surface area contributed by atoms with E-state index in [4.69, 9.17) is 9.84 Å². The Hall–Kier alpha value is -4.00. The lowest BCUT2D eigenvalue weighted by Crippen LogP contribution is -2.40. The van der Waals surface area contributed by atoms with E-state index in [2.05, 4.69) is 25.8 Å². The predicted octanol–water partition coefficient (Wildman–Crippen LogP) is 4.95. The van der Waals surface area contributed by atoms with Crippen molar-refractivity contribution in [3.05, 3.63) is 59.7 Å². The first kappa shape index (κ1) is 27.0. The monoisotopic (exact) mass is 534 g/mol.